The summed E-state index contributed by atoms with van der Waals surface area (Å²) in [4.78, 5) is 0. The zero-order chi connectivity index (χ0) is 8.69. The van der Waals surface area contributed by atoms with Gasteiger partial charge in [-0.2, -0.15) is 0 Å². The smallest absolute Gasteiger partial charge is 0.0540 e. The SMILES string of the molecule is C=C/C=C\C(=N)/C=C/C(C)=N. The van der Waals surface area contributed by atoms with Crippen molar-refractivity contribution >= 4 is 11.4 Å². The summed E-state index contributed by atoms with van der Waals surface area (Å²) in [5, 5.41) is 14.3. The number of hydrogen-bond acceptors (Lipinski definition) is 2. The van der Waals surface area contributed by atoms with Gasteiger partial charge in [0.05, 0.1) is 5.71 Å². The summed E-state index contributed by atoms with van der Waals surface area (Å²) in [6.45, 7) is 5.15. The highest BCUT2D eigenvalue weighted by Crippen LogP contribution is 1.83. The fourth-order valence-corrected chi connectivity index (χ4v) is 0.442. The van der Waals surface area contributed by atoms with Crippen LogP contribution >= 0.6 is 0 Å². The van der Waals surface area contributed by atoms with Crippen LogP contribution in [-0.2, 0) is 0 Å². The molecule has 0 aromatic carbocycles. The van der Waals surface area contributed by atoms with Crippen LogP contribution in [0.25, 0.3) is 0 Å². The average Bonchev–Trinajstić information content (AvgIpc) is 1.97. The molecule has 0 atom stereocenters. The van der Waals surface area contributed by atoms with Crippen LogP contribution in [0.15, 0.2) is 37.0 Å². The van der Waals surface area contributed by atoms with Crippen molar-refractivity contribution in [1.82, 2.24) is 0 Å². The lowest BCUT2D eigenvalue weighted by Gasteiger charge is -1.84. The predicted octanol–water partition coefficient (Wildman–Crippen LogP) is 2.34. The molecule has 0 saturated heterocycles. The van der Waals surface area contributed by atoms with E-state index in [-0.39, 0.29) is 0 Å². The molecule has 0 aliphatic rings. The molecular weight excluding hydrogens is 136 g/mol. The van der Waals surface area contributed by atoms with Crippen LogP contribution in [0.5, 0.6) is 0 Å². The zero-order valence-corrected chi connectivity index (χ0v) is 6.59. The number of allylic oxidation sites excluding steroid dienone is 5. The number of nitrogens with one attached hydrogen (secondary N) is 2. The van der Waals surface area contributed by atoms with E-state index in [1.807, 2.05) is 0 Å². The van der Waals surface area contributed by atoms with Gasteiger partial charge in [-0.05, 0) is 25.2 Å². The second kappa shape index (κ2) is 5.35. The molecule has 0 heterocycles. The van der Waals surface area contributed by atoms with Crippen LogP contribution in [0.4, 0.5) is 0 Å². The molecule has 2 nitrogen and oxygen atoms in total. The average molecular weight is 148 g/mol. The lowest BCUT2D eigenvalue weighted by atomic mass is 10.2. The van der Waals surface area contributed by atoms with E-state index in [4.69, 9.17) is 10.8 Å². The molecule has 0 saturated carbocycles. The fraction of sp³-hybridized carbons (Fsp3) is 0.111. The summed E-state index contributed by atoms with van der Waals surface area (Å²) in [5.41, 5.74) is 0.818. The van der Waals surface area contributed by atoms with Crippen LogP contribution in [0.1, 0.15) is 6.92 Å². The molecular formula is C9H12N2. The Hall–Kier alpha value is -1.44. The van der Waals surface area contributed by atoms with Gasteiger partial charge in [-0.1, -0.05) is 18.7 Å². The van der Waals surface area contributed by atoms with Gasteiger partial charge in [-0.25, -0.2) is 0 Å². The van der Waals surface area contributed by atoms with Crippen LogP contribution in [0.3, 0.4) is 0 Å². The quantitative estimate of drug-likeness (QED) is 0.454. The molecule has 2 N–H and O–H groups in total. The maximum atomic E-state index is 7.27. The van der Waals surface area contributed by atoms with Crippen LogP contribution in [0, 0.1) is 10.8 Å². The Balaban J connectivity index is 3.97. The third kappa shape index (κ3) is 6.45. The molecule has 0 fully saturated rings. The van der Waals surface area contributed by atoms with E-state index in [0.29, 0.717) is 11.4 Å². The van der Waals surface area contributed by atoms with Gasteiger partial charge in [-0.3, -0.25) is 0 Å². The first-order valence-electron chi connectivity index (χ1n) is 3.27. The molecule has 0 aliphatic carbocycles. The normalized spacial score (nSPS) is 10.6. The van der Waals surface area contributed by atoms with Gasteiger partial charge in [-0.15, -0.1) is 0 Å². The van der Waals surface area contributed by atoms with Crippen molar-refractivity contribution < 1.29 is 0 Å². The summed E-state index contributed by atoms with van der Waals surface area (Å²) in [6.07, 6.45) is 8.07. The molecule has 0 aromatic heterocycles. The standard InChI is InChI=1S/C9H12N2/c1-3-4-5-9(11)7-6-8(2)10/h3-7,10-11H,1H2,2H3/b5-4-,7-6+,10-8?,11-9?. The van der Waals surface area contributed by atoms with Gasteiger partial charge in [0.25, 0.3) is 0 Å². The Morgan fingerprint density at radius 1 is 1.18 bits per heavy atom. The maximum absolute atomic E-state index is 7.27. The third-order valence-corrected chi connectivity index (χ3v) is 0.925. The van der Waals surface area contributed by atoms with Crippen molar-refractivity contribution in [2.45, 2.75) is 6.92 Å². The lowest BCUT2D eigenvalue weighted by molar-refractivity contribution is 1.49. The van der Waals surface area contributed by atoms with E-state index in [0.717, 1.165) is 0 Å². The largest absolute Gasteiger partial charge is 0.306 e. The Morgan fingerprint density at radius 3 is 2.27 bits per heavy atom. The van der Waals surface area contributed by atoms with Crippen molar-refractivity contribution in [3.63, 3.8) is 0 Å². The molecule has 0 bridgehead atoms. The highest BCUT2D eigenvalue weighted by Gasteiger charge is 1.81. The highest BCUT2D eigenvalue weighted by atomic mass is 14.4. The van der Waals surface area contributed by atoms with Gasteiger partial charge < -0.3 is 10.8 Å². The minimum absolute atomic E-state index is 0.372. The van der Waals surface area contributed by atoms with Crippen molar-refractivity contribution in [3.8, 4) is 0 Å². The summed E-state index contributed by atoms with van der Waals surface area (Å²) < 4.78 is 0. The molecule has 58 valence electrons. The van der Waals surface area contributed by atoms with Crippen molar-refractivity contribution in [2.75, 3.05) is 0 Å². The Labute approximate surface area is 67.0 Å². The van der Waals surface area contributed by atoms with Crippen molar-refractivity contribution in [3.05, 3.63) is 37.0 Å². The van der Waals surface area contributed by atoms with Gasteiger partial charge >= 0.3 is 0 Å². The van der Waals surface area contributed by atoms with E-state index in [1.54, 1.807) is 37.3 Å². The van der Waals surface area contributed by atoms with Crippen LogP contribution in [0.2, 0.25) is 0 Å². The topological polar surface area (TPSA) is 47.7 Å². The van der Waals surface area contributed by atoms with E-state index < -0.39 is 0 Å². The van der Waals surface area contributed by atoms with Crippen molar-refractivity contribution in [1.29, 1.82) is 10.8 Å². The van der Waals surface area contributed by atoms with E-state index in [2.05, 4.69) is 6.58 Å². The summed E-state index contributed by atoms with van der Waals surface area (Å²) >= 11 is 0. The van der Waals surface area contributed by atoms with Gasteiger partial charge in [0.15, 0.2) is 0 Å². The predicted molar refractivity (Wildman–Crippen MR) is 49.6 cm³/mol. The van der Waals surface area contributed by atoms with E-state index in [1.165, 1.54) is 0 Å². The molecule has 0 radical (unpaired) electrons. The molecule has 0 aliphatic heterocycles. The Bertz CT molecular complexity index is 222. The molecule has 0 unspecified atom stereocenters. The second-order valence-corrected chi connectivity index (χ2v) is 2.07. The van der Waals surface area contributed by atoms with Crippen LogP contribution < -0.4 is 0 Å². The molecule has 0 amide bonds. The Morgan fingerprint density at radius 2 is 1.82 bits per heavy atom. The third-order valence-electron chi connectivity index (χ3n) is 0.925. The minimum atomic E-state index is 0.372. The van der Waals surface area contributed by atoms with Gasteiger partial charge in [0, 0.05) is 5.71 Å². The minimum Gasteiger partial charge on any atom is -0.306 e. The first-order chi connectivity index (χ1) is 5.16. The van der Waals surface area contributed by atoms with E-state index >= 15 is 0 Å². The lowest BCUT2D eigenvalue weighted by Crippen LogP contribution is -1.86. The Kier molecular flexibility index (Phi) is 4.65. The van der Waals surface area contributed by atoms with Gasteiger partial charge in [0.2, 0.25) is 0 Å². The molecule has 0 aromatic rings. The second-order valence-electron chi connectivity index (χ2n) is 2.07. The first-order valence-corrected chi connectivity index (χ1v) is 3.27. The number of hydrogen-bond donors (Lipinski definition) is 2. The monoisotopic (exact) mass is 148 g/mol. The molecule has 2 heteroatoms. The molecule has 0 rings (SSSR count). The van der Waals surface area contributed by atoms with E-state index in [9.17, 15) is 0 Å². The van der Waals surface area contributed by atoms with Crippen LogP contribution in [-0.4, -0.2) is 11.4 Å². The molecule has 11 heavy (non-hydrogen) atoms. The highest BCUT2D eigenvalue weighted by molar-refractivity contribution is 6.05. The summed E-state index contributed by atoms with van der Waals surface area (Å²) in [5.74, 6) is 0. The maximum Gasteiger partial charge on any atom is 0.0540 e. The number of rotatable bonds is 4. The zero-order valence-electron chi connectivity index (χ0n) is 6.59. The summed E-state index contributed by atoms with van der Waals surface area (Å²) in [7, 11) is 0. The summed E-state index contributed by atoms with van der Waals surface area (Å²) in [6, 6.07) is 0. The van der Waals surface area contributed by atoms with Gasteiger partial charge in [0.1, 0.15) is 0 Å². The first kappa shape index (κ1) is 9.56. The van der Waals surface area contributed by atoms with Crippen molar-refractivity contribution in [2.24, 2.45) is 0 Å². The fourth-order valence-electron chi connectivity index (χ4n) is 0.442. The molecule has 0 spiro atoms.